The topological polar surface area (TPSA) is 56.5 Å². The predicted molar refractivity (Wildman–Crippen MR) is 68.2 cm³/mol. The highest BCUT2D eigenvalue weighted by molar-refractivity contribution is 5.45. The molecule has 1 aliphatic heterocycles. The van der Waals surface area contributed by atoms with Crippen molar-refractivity contribution >= 4 is 0 Å². The van der Waals surface area contributed by atoms with Gasteiger partial charge in [-0.25, -0.2) is 0 Å². The molecule has 0 spiro atoms. The Labute approximate surface area is 107 Å². The molecule has 1 aromatic carbocycles. The molecule has 18 heavy (non-hydrogen) atoms. The zero-order valence-corrected chi connectivity index (χ0v) is 10.6. The van der Waals surface area contributed by atoms with Gasteiger partial charge in [0.05, 0.1) is 18.8 Å². The number of methoxy groups -OCH3 is 1. The van der Waals surface area contributed by atoms with Crippen molar-refractivity contribution < 1.29 is 9.84 Å². The van der Waals surface area contributed by atoms with Crippen LogP contribution >= 0.6 is 0 Å². The van der Waals surface area contributed by atoms with E-state index >= 15 is 0 Å². The van der Waals surface area contributed by atoms with Crippen molar-refractivity contribution in [1.82, 2.24) is 4.90 Å². The van der Waals surface area contributed by atoms with Crippen LogP contribution in [-0.4, -0.2) is 36.3 Å². The van der Waals surface area contributed by atoms with Gasteiger partial charge < -0.3 is 9.84 Å². The van der Waals surface area contributed by atoms with Crippen LogP contribution in [0.1, 0.15) is 24.0 Å². The number of rotatable bonds is 3. The van der Waals surface area contributed by atoms with Gasteiger partial charge in [0.15, 0.2) is 0 Å². The lowest BCUT2D eigenvalue weighted by Gasteiger charge is -2.30. The molecular weight excluding hydrogens is 228 g/mol. The Balaban J connectivity index is 2.07. The third kappa shape index (κ3) is 3.00. The normalized spacial score (nSPS) is 20.4. The molecular formula is C14H18N2O2. The Hall–Kier alpha value is -1.57. The Bertz CT molecular complexity index is 454. The number of β-amino-alcohol motifs (C(OH)–C–C–N with tert-alkyl or cyclic N) is 1. The SMILES string of the molecule is COc1ccc(CN2CCCC(O)C2)cc1C#N. The first-order valence-electron chi connectivity index (χ1n) is 6.20. The Morgan fingerprint density at radius 3 is 3.06 bits per heavy atom. The number of likely N-dealkylation sites (tertiary alicyclic amines) is 1. The summed E-state index contributed by atoms with van der Waals surface area (Å²) in [7, 11) is 1.57. The Morgan fingerprint density at radius 2 is 2.39 bits per heavy atom. The molecule has 1 atom stereocenters. The minimum Gasteiger partial charge on any atom is -0.495 e. The molecule has 4 nitrogen and oxygen atoms in total. The maximum atomic E-state index is 9.63. The first kappa shape index (κ1) is 12.9. The molecule has 0 saturated carbocycles. The van der Waals surface area contributed by atoms with E-state index in [0.29, 0.717) is 17.9 Å². The first-order valence-corrected chi connectivity index (χ1v) is 6.20. The van der Waals surface area contributed by atoms with Crippen LogP contribution in [-0.2, 0) is 6.54 Å². The lowest BCUT2D eigenvalue weighted by Crippen LogP contribution is -2.37. The standard InChI is InChI=1S/C14H18N2O2/c1-18-14-5-4-11(7-12(14)8-15)9-16-6-2-3-13(17)10-16/h4-5,7,13,17H,2-3,6,9-10H2,1H3. The van der Waals surface area contributed by atoms with Gasteiger partial charge in [0.25, 0.3) is 0 Å². The number of piperidine rings is 1. The number of hydrogen-bond donors (Lipinski definition) is 1. The number of benzene rings is 1. The van der Waals surface area contributed by atoms with E-state index in [1.54, 1.807) is 7.11 Å². The van der Waals surface area contributed by atoms with E-state index in [4.69, 9.17) is 10.00 Å². The minimum atomic E-state index is -0.215. The molecule has 4 heteroatoms. The molecule has 0 radical (unpaired) electrons. The van der Waals surface area contributed by atoms with Crippen molar-refractivity contribution in [2.45, 2.75) is 25.5 Å². The number of aliphatic hydroxyl groups is 1. The van der Waals surface area contributed by atoms with Gasteiger partial charge in [-0.1, -0.05) is 6.07 Å². The quantitative estimate of drug-likeness (QED) is 0.878. The lowest BCUT2D eigenvalue weighted by molar-refractivity contribution is 0.0668. The lowest BCUT2D eigenvalue weighted by atomic mass is 10.1. The summed E-state index contributed by atoms with van der Waals surface area (Å²) < 4.78 is 5.12. The van der Waals surface area contributed by atoms with Crippen molar-refractivity contribution in [3.05, 3.63) is 29.3 Å². The molecule has 2 rings (SSSR count). The smallest absolute Gasteiger partial charge is 0.136 e. The molecule has 1 heterocycles. The molecule has 1 aliphatic rings. The van der Waals surface area contributed by atoms with Crippen molar-refractivity contribution in [2.24, 2.45) is 0 Å². The number of aliphatic hydroxyl groups excluding tert-OH is 1. The van der Waals surface area contributed by atoms with E-state index in [2.05, 4.69) is 11.0 Å². The van der Waals surface area contributed by atoms with Crippen LogP contribution in [0.4, 0.5) is 0 Å². The van der Waals surface area contributed by atoms with E-state index in [1.807, 2.05) is 18.2 Å². The van der Waals surface area contributed by atoms with Gasteiger partial charge in [-0.3, -0.25) is 4.90 Å². The first-order chi connectivity index (χ1) is 8.72. The van der Waals surface area contributed by atoms with E-state index in [9.17, 15) is 5.11 Å². The zero-order valence-electron chi connectivity index (χ0n) is 10.6. The third-order valence-electron chi connectivity index (χ3n) is 3.27. The fourth-order valence-electron chi connectivity index (χ4n) is 2.37. The van der Waals surface area contributed by atoms with E-state index in [1.165, 1.54) is 0 Å². The zero-order chi connectivity index (χ0) is 13.0. The van der Waals surface area contributed by atoms with Gasteiger partial charge in [-0.15, -0.1) is 0 Å². The molecule has 0 aliphatic carbocycles. The second kappa shape index (κ2) is 5.85. The molecule has 0 amide bonds. The van der Waals surface area contributed by atoms with E-state index < -0.39 is 0 Å². The monoisotopic (exact) mass is 246 g/mol. The molecule has 1 aromatic rings. The second-order valence-corrected chi connectivity index (χ2v) is 4.68. The van der Waals surface area contributed by atoms with Crippen LogP contribution in [0.5, 0.6) is 5.75 Å². The molecule has 1 unspecified atom stereocenters. The fraction of sp³-hybridized carbons (Fsp3) is 0.500. The van der Waals surface area contributed by atoms with Gasteiger partial charge in [0.2, 0.25) is 0 Å². The summed E-state index contributed by atoms with van der Waals surface area (Å²) >= 11 is 0. The van der Waals surface area contributed by atoms with Gasteiger partial charge in [-0.05, 0) is 37.1 Å². The van der Waals surface area contributed by atoms with Crippen molar-refractivity contribution in [2.75, 3.05) is 20.2 Å². The van der Waals surface area contributed by atoms with E-state index in [-0.39, 0.29) is 6.10 Å². The summed E-state index contributed by atoms with van der Waals surface area (Å²) in [5.41, 5.74) is 1.65. The highest BCUT2D eigenvalue weighted by atomic mass is 16.5. The summed E-state index contributed by atoms with van der Waals surface area (Å²) in [6.45, 7) is 2.49. The molecule has 96 valence electrons. The minimum absolute atomic E-state index is 0.215. The fourth-order valence-corrected chi connectivity index (χ4v) is 2.37. The summed E-state index contributed by atoms with van der Waals surface area (Å²) in [6.07, 6.45) is 1.71. The van der Waals surface area contributed by atoms with Gasteiger partial charge in [-0.2, -0.15) is 5.26 Å². The van der Waals surface area contributed by atoms with Gasteiger partial charge in [0.1, 0.15) is 11.8 Å². The number of nitriles is 1. The average molecular weight is 246 g/mol. The van der Waals surface area contributed by atoms with Crippen molar-refractivity contribution in [3.63, 3.8) is 0 Å². The molecule has 0 bridgehead atoms. The van der Waals surface area contributed by atoms with Crippen molar-refractivity contribution in [3.8, 4) is 11.8 Å². The maximum absolute atomic E-state index is 9.63. The maximum Gasteiger partial charge on any atom is 0.136 e. The molecule has 0 aromatic heterocycles. The van der Waals surface area contributed by atoms with Crippen LogP contribution < -0.4 is 4.74 Å². The summed E-state index contributed by atoms with van der Waals surface area (Å²) in [6, 6.07) is 7.80. The Kier molecular flexibility index (Phi) is 4.19. The summed E-state index contributed by atoms with van der Waals surface area (Å²) in [4.78, 5) is 2.22. The number of nitrogens with zero attached hydrogens (tertiary/aromatic N) is 2. The largest absolute Gasteiger partial charge is 0.495 e. The number of ether oxygens (including phenoxy) is 1. The second-order valence-electron chi connectivity index (χ2n) is 4.68. The highest BCUT2D eigenvalue weighted by Gasteiger charge is 2.17. The van der Waals surface area contributed by atoms with Crippen LogP contribution in [0.3, 0.4) is 0 Å². The van der Waals surface area contributed by atoms with Crippen molar-refractivity contribution in [1.29, 1.82) is 5.26 Å². The predicted octanol–water partition coefficient (Wildman–Crippen LogP) is 1.52. The summed E-state index contributed by atoms with van der Waals surface area (Å²) in [5, 5.41) is 18.7. The molecule has 1 saturated heterocycles. The van der Waals surface area contributed by atoms with Crippen LogP contribution in [0.25, 0.3) is 0 Å². The third-order valence-corrected chi connectivity index (χ3v) is 3.27. The van der Waals surface area contributed by atoms with Crippen LogP contribution in [0, 0.1) is 11.3 Å². The molecule has 1 fully saturated rings. The van der Waals surface area contributed by atoms with Crippen LogP contribution in [0.15, 0.2) is 18.2 Å². The van der Waals surface area contributed by atoms with Gasteiger partial charge >= 0.3 is 0 Å². The summed E-state index contributed by atoms with van der Waals surface area (Å²) in [5.74, 6) is 0.611. The number of hydrogen-bond acceptors (Lipinski definition) is 4. The Morgan fingerprint density at radius 1 is 1.56 bits per heavy atom. The van der Waals surface area contributed by atoms with E-state index in [0.717, 1.165) is 31.5 Å². The van der Waals surface area contributed by atoms with Crippen LogP contribution in [0.2, 0.25) is 0 Å². The molecule has 1 N–H and O–H groups in total. The highest BCUT2D eigenvalue weighted by Crippen LogP contribution is 2.21. The average Bonchev–Trinajstić information content (AvgIpc) is 2.38. The van der Waals surface area contributed by atoms with Gasteiger partial charge in [0, 0.05) is 13.1 Å².